The Kier molecular flexibility index (Phi) is 6.28. The Labute approximate surface area is 161 Å². The Bertz CT molecular complexity index is 927. The molecule has 27 heavy (non-hydrogen) atoms. The first-order chi connectivity index (χ1) is 13.1. The van der Waals surface area contributed by atoms with E-state index in [9.17, 15) is 4.79 Å². The van der Waals surface area contributed by atoms with Gasteiger partial charge in [-0.15, -0.1) is 0 Å². The van der Waals surface area contributed by atoms with Crippen molar-refractivity contribution < 1.29 is 4.79 Å². The van der Waals surface area contributed by atoms with E-state index in [1.165, 1.54) is 22.2 Å². The van der Waals surface area contributed by atoms with Gasteiger partial charge in [-0.25, -0.2) is 4.98 Å². The fraction of sp³-hybridized carbons (Fsp3) is 0.391. The van der Waals surface area contributed by atoms with Crippen LogP contribution in [-0.2, 0) is 17.8 Å². The zero-order valence-electron chi connectivity index (χ0n) is 16.6. The number of para-hydroxylation sites is 2. The van der Waals surface area contributed by atoms with Crippen LogP contribution in [0.1, 0.15) is 48.7 Å². The first-order valence-corrected chi connectivity index (χ1v) is 9.85. The molecule has 1 N–H and O–H groups in total. The number of hydrogen-bond donors (Lipinski definition) is 1. The number of carbonyl (C=O) groups is 1. The molecule has 0 saturated heterocycles. The van der Waals surface area contributed by atoms with Crippen molar-refractivity contribution in [3.05, 3.63) is 65.0 Å². The van der Waals surface area contributed by atoms with Gasteiger partial charge in [-0.2, -0.15) is 0 Å². The van der Waals surface area contributed by atoms with Crippen LogP contribution in [0.5, 0.6) is 0 Å². The van der Waals surface area contributed by atoms with Crippen molar-refractivity contribution in [1.29, 1.82) is 0 Å². The number of benzene rings is 2. The number of carbonyl (C=O) groups excluding carboxylic acids is 1. The minimum atomic E-state index is 0.140. The molecule has 0 aliphatic heterocycles. The standard InChI is InChI=1S/C23H29N3O/c1-4-8-23(27)24-14-7-11-22-25-20-9-5-6-10-21(20)26(22)16-19-15-17(2)12-13-18(19)3/h5-6,9-10,12-13,15H,4,7-8,11,14,16H2,1-3H3,(H,24,27). The summed E-state index contributed by atoms with van der Waals surface area (Å²) in [6.07, 6.45) is 3.24. The molecule has 0 radical (unpaired) electrons. The molecule has 1 aromatic heterocycles. The summed E-state index contributed by atoms with van der Waals surface area (Å²) in [4.78, 5) is 16.5. The molecule has 0 atom stereocenters. The maximum atomic E-state index is 11.6. The lowest BCUT2D eigenvalue weighted by atomic mass is 10.1. The summed E-state index contributed by atoms with van der Waals surface area (Å²) in [5, 5.41) is 3.00. The predicted octanol–water partition coefficient (Wildman–Crippen LogP) is 4.55. The Hall–Kier alpha value is -2.62. The number of amides is 1. The van der Waals surface area contributed by atoms with Crippen LogP contribution in [0.25, 0.3) is 11.0 Å². The Morgan fingerprint density at radius 2 is 1.96 bits per heavy atom. The molecular weight excluding hydrogens is 334 g/mol. The second-order valence-corrected chi connectivity index (χ2v) is 7.24. The van der Waals surface area contributed by atoms with Crippen LogP contribution in [0.4, 0.5) is 0 Å². The number of hydrogen-bond acceptors (Lipinski definition) is 2. The molecule has 0 aliphatic rings. The molecule has 3 rings (SSSR count). The topological polar surface area (TPSA) is 46.9 Å². The number of rotatable bonds is 8. The smallest absolute Gasteiger partial charge is 0.219 e. The van der Waals surface area contributed by atoms with Crippen molar-refractivity contribution in [2.75, 3.05) is 6.54 Å². The zero-order valence-corrected chi connectivity index (χ0v) is 16.6. The van der Waals surface area contributed by atoms with E-state index in [0.717, 1.165) is 37.1 Å². The highest BCUT2D eigenvalue weighted by Gasteiger charge is 2.12. The SMILES string of the molecule is CCCC(=O)NCCCc1nc2ccccc2n1Cc1cc(C)ccc1C. The predicted molar refractivity (Wildman–Crippen MR) is 111 cm³/mol. The summed E-state index contributed by atoms with van der Waals surface area (Å²) in [5.41, 5.74) is 6.11. The normalized spacial score (nSPS) is 11.1. The molecule has 1 heterocycles. The highest BCUT2D eigenvalue weighted by atomic mass is 16.1. The molecule has 1 amide bonds. The van der Waals surface area contributed by atoms with Crippen LogP contribution >= 0.6 is 0 Å². The summed E-state index contributed by atoms with van der Waals surface area (Å²) < 4.78 is 2.32. The lowest BCUT2D eigenvalue weighted by Crippen LogP contribution is -2.24. The third-order valence-corrected chi connectivity index (χ3v) is 4.94. The highest BCUT2D eigenvalue weighted by Crippen LogP contribution is 2.21. The van der Waals surface area contributed by atoms with Crippen molar-refractivity contribution in [2.45, 2.75) is 53.0 Å². The van der Waals surface area contributed by atoms with E-state index >= 15 is 0 Å². The van der Waals surface area contributed by atoms with Crippen LogP contribution in [0.2, 0.25) is 0 Å². The number of nitrogens with zero attached hydrogens (tertiary/aromatic N) is 2. The molecule has 0 aliphatic carbocycles. The maximum absolute atomic E-state index is 11.6. The van der Waals surface area contributed by atoms with Gasteiger partial charge < -0.3 is 9.88 Å². The molecule has 142 valence electrons. The number of aryl methyl sites for hydroxylation is 3. The lowest BCUT2D eigenvalue weighted by molar-refractivity contribution is -0.121. The van der Waals surface area contributed by atoms with Gasteiger partial charge in [0.1, 0.15) is 5.82 Å². The summed E-state index contributed by atoms with van der Waals surface area (Å²) in [7, 11) is 0. The number of imidazole rings is 1. The van der Waals surface area contributed by atoms with E-state index in [0.29, 0.717) is 13.0 Å². The van der Waals surface area contributed by atoms with E-state index in [-0.39, 0.29) is 5.91 Å². The lowest BCUT2D eigenvalue weighted by Gasteiger charge is -2.13. The van der Waals surface area contributed by atoms with E-state index in [1.807, 2.05) is 13.0 Å². The van der Waals surface area contributed by atoms with Crippen LogP contribution in [-0.4, -0.2) is 22.0 Å². The minimum Gasteiger partial charge on any atom is -0.356 e. The van der Waals surface area contributed by atoms with Gasteiger partial charge in [0, 0.05) is 25.9 Å². The maximum Gasteiger partial charge on any atom is 0.219 e. The minimum absolute atomic E-state index is 0.140. The molecule has 0 saturated carbocycles. The summed E-state index contributed by atoms with van der Waals surface area (Å²) in [6, 6.07) is 14.9. The van der Waals surface area contributed by atoms with Crippen molar-refractivity contribution in [3.8, 4) is 0 Å². The highest BCUT2D eigenvalue weighted by molar-refractivity contribution is 5.76. The van der Waals surface area contributed by atoms with Gasteiger partial charge in [0.25, 0.3) is 0 Å². The van der Waals surface area contributed by atoms with E-state index in [2.05, 4.69) is 60.1 Å². The van der Waals surface area contributed by atoms with Gasteiger partial charge in [-0.05, 0) is 49.9 Å². The van der Waals surface area contributed by atoms with Gasteiger partial charge in [0.15, 0.2) is 0 Å². The zero-order chi connectivity index (χ0) is 19.2. The molecule has 0 spiro atoms. The van der Waals surface area contributed by atoms with Crippen molar-refractivity contribution >= 4 is 16.9 Å². The van der Waals surface area contributed by atoms with Crippen LogP contribution in [0, 0.1) is 13.8 Å². The first kappa shape index (κ1) is 19.2. The Morgan fingerprint density at radius 3 is 2.78 bits per heavy atom. The van der Waals surface area contributed by atoms with Crippen molar-refractivity contribution in [2.24, 2.45) is 0 Å². The number of nitrogens with one attached hydrogen (secondary N) is 1. The third kappa shape index (κ3) is 4.76. The van der Waals surface area contributed by atoms with E-state index < -0.39 is 0 Å². The fourth-order valence-electron chi connectivity index (χ4n) is 3.42. The first-order valence-electron chi connectivity index (χ1n) is 9.85. The number of fused-ring (bicyclic) bond motifs is 1. The van der Waals surface area contributed by atoms with Crippen LogP contribution in [0.15, 0.2) is 42.5 Å². The molecule has 0 fully saturated rings. The van der Waals surface area contributed by atoms with Crippen LogP contribution < -0.4 is 5.32 Å². The van der Waals surface area contributed by atoms with Gasteiger partial charge in [-0.1, -0.05) is 42.8 Å². The molecule has 4 heteroatoms. The third-order valence-electron chi connectivity index (χ3n) is 4.94. The van der Waals surface area contributed by atoms with Gasteiger partial charge in [0.05, 0.1) is 11.0 Å². The largest absolute Gasteiger partial charge is 0.356 e. The van der Waals surface area contributed by atoms with Gasteiger partial charge in [-0.3, -0.25) is 4.79 Å². The average molecular weight is 364 g/mol. The molecule has 2 aromatic carbocycles. The monoisotopic (exact) mass is 363 g/mol. The Morgan fingerprint density at radius 1 is 1.15 bits per heavy atom. The molecule has 0 bridgehead atoms. The summed E-state index contributed by atoms with van der Waals surface area (Å²) in [6.45, 7) is 7.85. The second-order valence-electron chi connectivity index (χ2n) is 7.24. The molecular formula is C23H29N3O. The molecule has 0 unspecified atom stereocenters. The van der Waals surface area contributed by atoms with Crippen molar-refractivity contribution in [1.82, 2.24) is 14.9 Å². The fourth-order valence-corrected chi connectivity index (χ4v) is 3.42. The molecule has 3 aromatic rings. The second kappa shape index (κ2) is 8.85. The summed E-state index contributed by atoms with van der Waals surface area (Å²) >= 11 is 0. The van der Waals surface area contributed by atoms with Crippen LogP contribution in [0.3, 0.4) is 0 Å². The quantitative estimate of drug-likeness (QED) is 0.597. The van der Waals surface area contributed by atoms with Gasteiger partial charge >= 0.3 is 0 Å². The van der Waals surface area contributed by atoms with Crippen molar-refractivity contribution in [3.63, 3.8) is 0 Å². The van der Waals surface area contributed by atoms with E-state index in [1.54, 1.807) is 0 Å². The van der Waals surface area contributed by atoms with E-state index in [4.69, 9.17) is 4.98 Å². The summed E-state index contributed by atoms with van der Waals surface area (Å²) in [5.74, 6) is 1.23. The Balaban J connectivity index is 1.79. The average Bonchev–Trinajstić information content (AvgIpc) is 3.00. The molecule has 4 nitrogen and oxygen atoms in total. The number of aromatic nitrogens is 2. The van der Waals surface area contributed by atoms with Gasteiger partial charge in [0.2, 0.25) is 5.91 Å².